The molecule has 2 heterocycles. The van der Waals surface area contributed by atoms with Crippen LogP contribution in [0.3, 0.4) is 0 Å². The molecule has 15 heteroatoms. The summed E-state index contributed by atoms with van der Waals surface area (Å²) in [5.41, 5.74) is 0. The first-order chi connectivity index (χ1) is 17.6. The van der Waals surface area contributed by atoms with Crippen molar-refractivity contribution in [2.24, 2.45) is 0 Å². The lowest BCUT2D eigenvalue weighted by Crippen LogP contribution is -2.39. The fourth-order valence-corrected chi connectivity index (χ4v) is 3.22. The second kappa shape index (κ2) is 14.4. The van der Waals surface area contributed by atoms with Gasteiger partial charge in [0.1, 0.15) is 0 Å². The zero-order valence-electron chi connectivity index (χ0n) is 20.0. The van der Waals surface area contributed by atoms with Crippen molar-refractivity contribution in [1.82, 2.24) is 25.9 Å². The Morgan fingerprint density at radius 2 is 1.51 bits per heavy atom. The van der Waals surface area contributed by atoms with Crippen LogP contribution in [0.1, 0.15) is 44.9 Å². The number of aliphatic hydroxyl groups excluding tert-OH is 1. The molecule has 0 aromatic rings. The molecule has 1 unspecified atom stereocenters. The lowest BCUT2D eigenvalue weighted by Gasteiger charge is -2.18. The summed E-state index contributed by atoms with van der Waals surface area (Å²) in [6.07, 6.45) is 0.964. The van der Waals surface area contributed by atoms with Crippen molar-refractivity contribution in [3.8, 4) is 0 Å². The second-order valence-electron chi connectivity index (χ2n) is 8.16. The van der Waals surface area contributed by atoms with Crippen LogP contribution in [0.2, 0.25) is 0 Å². The van der Waals surface area contributed by atoms with Gasteiger partial charge in [0.05, 0.1) is 19.5 Å². The summed E-state index contributed by atoms with van der Waals surface area (Å²) >= 11 is 0. The van der Waals surface area contributed by atoms with Crippen molar-refractivity contribution in [3.63, 3.8) is 0 Å². The van der Waals surface area contributed by atoms with Crippen LogP contribution in [0.5, 0.6) is 0 Å². The molecule has 1 atom stereocenters. The van der Waals surface area contributed by atoms with Gasteiger partial charge in [0.15, 0.2) is 12.0 Å². The van der Waals surface area contributed by atoms with Gasteiger partial charge >= 0.3 is 5.97 Å². The average Bonchev–Trinajstić information content (AvgIpc) is 3.35. The average molecular weight is 523 g/mol. The number of nitrogens with zero attached hydrogens (tertiary/aromatic N) is 2. The normalized spacial score (nSPS) is 16.7. The van der Waals surface area contributed by atoms with Gasteiger partial charge in [-0.3, -0.25) is 38.5 Å². The maximum atomic E-state index is 11.9. The maximum absolute atomic E-state index is 11.9. The third-order valence-corrected chi connectivity index (χ3v) is 5.23. The number of imide groups is 1. The number of carbonyl (C=O) groups is 8. The summed E-state index contributed by atoms with van der Waals surface area (Å²) in [6.45, 7) is -0.704. The number of carbonyl (C=O) groups excluding carboxylic acids is 8. The molecule has 2 aliphatic heterocycles. The Balaban J connectivity index is 1.48. The number of nitrogens with one attached hydrogen (secondary N) is 3. The molecule has 0 spiro atoms. The number of amides is 6. The summed E-state index contributed by atoms with van der Waals surface area (Å²) in [6, 6.07) is 0. The second-order valence-corrected chi connectivity index (χ2v) is 8.16. The van der Waals surface area contributed by atoms with Crippen LogP contribution in [0.15, 0.2) is 12.2 Å². The van der Waals surface area contributed by atoms with Gasteiger partial charge in [0.2, 0.25) is 17.7 Å². The minimum absolute atomic E-state index is 0.00991. The minimum Gasteiger partial charge on any atom is -0.370 e. The molecule has 37 heavy (non-hydrogen) atoms. The molecule has 0 bridgehead atoms. The van der Waals surface area contributed by atoms with E-state index in [0.717, 1.165) is 17.1 Å². The topological polar surface area (TPSA) is 209 Å². The smallest absolute Gasteiger partial charge is 0.334 e. The summed E-state index contributed by atoms with van der Waals surface area (Å²) in [4.78, 5) is 98.9. The predicted octanol–water partition coefficient (Wildman–Crippen LogP) is -2.82. The van der Waals surface area contributed by atoms with Crippen LogP contribution < -0.4 is 16.0 Å². The molecule has 0 aromatic heterocycles. The number of aliphatic hydroxyl groups is 1. The molecule has 0 saturated carbocycles. The van der Waals surface area contributed by atoms with Gasteiger partial charge in [-0.2, -0.15) is 0 Å². The van der Waals surface area contributed by atoms with Gasteiger partial charge in [0.25, 0.3) is 17.7 Å². The van der Waals surface area contributed by atoms with Crippen molar-refractivity contribution < 1.29 is 48.3 Å². The van der Waals surface area contributed by atoms with Crippen LogP contribution in [0.25, 0.3) is 0 Å². The van der Waals surface area contributed by atoms with E-state index >= 15 is 0 Å². The summed E-state index contributed by atoms with van der Waals surface area (Å²) in [5, 5.41) is 17.2. The number of hydrogen-bond donors (Lipinski definition) is 4. The van der Waals surface area contributed by atoms with Crippen molar-refractivity contribution in [2.45, 2.75) is 51.2 Å². The minimum atomic E-state index is -1.19. The van der Waals surface area contributed by atoms with Gasteiger partial charge in [-0.1, -0.05) is 0 Å². The number of Topliss-reactive ketones (excluding diaryl/α,β-unsaturated/α-hetero) is 1. The molecule has 0 aromatic carbocycles. The summed E-state index contributed by atoms with van der Waals surface area (Å²) in [7, 11) is 0. The molecular formula is C22H29N5O10. The SMILES string of the molecule is O=C(CCC(=O)NCC(=O)NCCC(=O)ON1C(=O)CCC1O)CNC(=O)CCCN1C(=O)C=CC1=O. The van der Waals surface area contributed by atoms with E-state index in [-0.39, 0.29) is 71.1 Å². The highest BCUT2D eigenvalue weighted by Crippen LogP contribution is 2.16. The zero-order valence-corrected chi connectivity index (χ0v) is 20.0. The van der Waals surface area contributed by atoms with Crippen LogP contribution in [0, 0.1) is 0 Å². The van der Waals surface area contributed by atoms with Gasteiger partial charge < -0.3 is 25.9 Å². The van der Waals surface area contributed by atoms with Crippen molar-refractivity contribution >= 4 is 47.2 Å². The molecule has 2 aliphatic rings. The molecule has 15 nitrogen and oxygen atoms in total. The highest BCUT2D eigenvalue weighted by atomic mass is 16.7. The fraction of sp³-hybridized carbons (Fsp3) is 0.545. The van der Waals surface area contributed by atoms with Crippen LogP contribution in [-0.4, -0.2) is 94.7 Å². The van der Waals surface area contributed by atoms with E-state index in [9.17, 15) is 43.5 Å². The highest BCUT2D eigenvalue weighted by molar-refractivity contribution is 6.12. The molecule has 0 radical (unpaired) electrons. The molecule has 4 N–H and O–H groups in total. The summed E-state index contributed by atoms with van der Waals surface area (Å²) in [5.74, 6) is -4.20. The standard InChI is InChI=1S/C22H29N5O10/c28-14(12-24-15(29)2-1-11-26-18(32)5-6-19(26)33)3-4-16(30)25-13-17(31)23-10-9-22(36)37-27-20(34)7-8-21(27)35/h5-6,20,34H,1-4,7-13H2,(H,23,31)(H,24,29)(H,25,30). The van der Waals surface area contributed by atoms with E-state index in [1.807, 2.05) is 0 Å². The Morgan fingerprint density at radius 3 is 2.16 bits per heavy atom. The van der Waals surface area contributed by atoms with Crippen molar-refractivity contribution in [1.29, 1.82) is 0 Å². The van der Waals surface area contributed by atoms with E-state index in [1.165, 1.54) is 0 Å². The Kier molecular flexibility index (Phi) is 11.3. The van der Waals surface area contributed by atoms with Crippen molar-refractivity contribution in [3.05, 3.63) is 12.2 Å². The number of hydroxylamine groups is 2. The third-order valence-electron chi connectivity index (χ3n) is 5.23. The van der Waals surface area contributed by atoms with Crippen molar-refractivity contribution in [2.75, 3.05) is 26.2 Å². The van der Waals surface area contributed by atoms with E-state index in [2.05, 4.69) is 16.0 Å². The fourth-order valence-electron chi connectivity index (χ4n) is 3.22. The third kappa shape index (κ3) is 10.2. The Morgan fingerprint density at radius 1 is 0.865 bits per heavy atom. The zero-order chi connectivity index (χ0) is 27.4. The number of ketones is 1. The van der Waals surface area contributed by atoms with Crippen LogP contribution in [-0.2, 0) is 43.2 Å². The molecule has 1 fully saturated rings. The first kappa shape index (κ1) is 29.1. The lowest BCUT2D eigenvalue weighted by atomic mass is 10.2. The van der Waals surface area contributed by atoms with E-state index in [0.29, 0.717) is 5.06 Å². The Bertz CT molecular complexity index is 961. The van der Waals surface area contributed by atoms with Crippen LogP contribution >= 0.6 is 0 Å². The van der Waals surface area contributed by atoms with Crippen LogP contribution in [0.4, 0.5) is 0 Å². The molecular weight excluding hydrogens is 494 g/mol. The number of hydrogen-bond acceptors (Lipinski definition) is 10. The summed E-state index contributed by atoms with van der Waals surface area (Å²) < 4.78 is 0. The Labute approximate surface area is 211 Å². The highest BCUT2D eigenvalue weighted by Gasteiger charge is 2.32. The molecule has 202 valence electrons. The van der Waals surface area contributed by atoms with Gasteiger partial charge in [-0.15, -0.1) is 5.06 Å². The number of rotatable bonds is 15. The predicted molar refractivity (Wildman–Crippen MR) is 121 cm³/mol. The molecule has 2 rings (SSSR count). The van der Waals surface area contributed by atoms with E-state index in [4.69, 9.17) is 4.84 Å². The first-order valence-electron chi connectivity index (χ1n) is 11.6. The van der Waals surface area contributed by atoms with Gasteiger partial charge in [-0.25, -0.2) is 4.79 Å². The lowest BCUT2D eigenvalue weighted by molar-refractivity contribution is -0.220. The molecule has 0 aliphatic carbocycles. The first-order valence-corrected chi connectivity index (χ1v) is 11.6. The van der Waals surface area contributed by atoms with Gasteiger partial charge in [0, 0.05) is 57.3 Å². The molecule has 1 saturated heterocycles. The monoisotopic (exact) mass is 523 g/mol. The molecule has 6 amide bonds. The quantitative estimate of drug-likeness (QED) is 0.162. The van der Waals surface area contributed by atoms with E-state index < -0.39 is 53.4 Å². The van der Waals surface area contributed by atoms with E-state index in [1.54, 1.807) is 0 Å². The Hall–Kier alpha value is -4.14. The maximum Gasteiger partial charge on any atom is 0.334 e. The van der Waals surface area contributed by atoms with Gasteiger partial charge in [-0.05, 0) is 6.42 Å². The largest absolute Gasteiger partial charge is 0.370 e.